The summed E-state index contributed by atoms with van der Waals surface area (Å²) in [5.74, 6) is -0.401. The predicted molar refractivity (Wildman–Crippen MR) is 95.9 cm³/mol. The van der Waals surface area contributed by atoms with E-state index in [2.05, 4.69) is 10.3 Å². The molecule has 1 heterocycles. The Morgan fingerprint density at radius 1 is 1.22 bits per heavy atom. The molecule has 2 aromatic rings. The summed E-state index contributed by atoms with van der Waals surface area (Å²) in [6.45, 7) is 3.74. The molecule has 5 heteroatoms. The van der Waals surface area contributed by atoms with Gasteiger partial charge in [0.1, 0.15) is 11.6 Å². The third-order valence-electron chi connectivity index (χ3n) is 3.21. The first-order chi connectivity index (χ1) is 10.6. The molecule has 0 aliphatic heterocycles. The number of benzene rings is 1. The predicted octanol–water partition coefficient (Wildman–Crippen LogP) is 3.29. The summed E-state index contributed by atoms with van der Waals surface area (Å²) < 4.78 is 0. The molecular formula is C18H19N3OS. The van der Waals surface area contributed by atoms with Crippen molar-refractivity contribution in [2.75, 3.05) is 0 Å². The molecule has 0 bridgehead atoms. The van der Waals surface area contributed by atoms with E-state index in [0.29, 0.717) is 5.69 Å². The Morgan fingerprint density at radius 2 is 1.91 bits per heavy atom. The molecular weight excluding hydrogens is 306 g/mol. The minimum Gasteiger partial charge on any atom is -0.345 e. The van der Waals surface area contributed by atoms with Crippen LogP contribution in [0.3, 0.4) is 0 Å². The molecule has 0 saturated carbocycles. The van der Waals surface area contributed by atoms with Crippen LogP contribution in [0.2, 0.25) is 0 Å². The van der Waals surface area contributed by atoms with Crippen molar-refractivity contribution in [3.8, 4) is 6.07 Å². The Labute approximate surface area is 143 Å². The molecule has 1 aromatic carbocycles. The van der Waals surface area contributed by atoms with Crippen LogP contribution < -0.4 is 5.32 Å². The summed E-state index contributed by atoms with van der Waals surface area (Å²) >= 11 is 0. The van der Waals surface area contributed by atoms with E-state index in [1.807, 2.05) is 62.4 Å². The van der Waals surface area contributed by atoms with Crippen LogP contribution in [0.1, 0.15) is 29.9 Å². The molecule has 23 heavy (non-hydrogen) atoms. The number of rotatable bonds is 4. The Bertz CT molecular complexity index is 735. The van der Waals surface area contributed by atoms with Crippen molar-refractivity contribution >= 4 is 25.5 Å². The Hall–Kier alpha value is -2.58. The van der Waals surface area contributed by atoms with Gasteiger partial charge in [0, 0.05) is 5.69 Å². The van der Waals surface area contributed by atoms with Crippen molar-refractivity contribution in [2.45, 2.75) is 19.9 Å². The number of nitriles is 1. The molecule has 118 valence electrons. The van der Waals surface area contributed by atoms with E-state index in [4.69, 9.17) is 0 Å². The molecule has 0 saturated heterocycles. The quantitative estimate of drug-likeness (QED) is 0.693. The molecule has 0 radical (unpaired) electrons. The maximum atomic E-state index is 12.2. The second kappa shape index (κ2) is 8.76. The fourth-order valence-electron chi connectivity index (χ4n) is 2.04. The number of amides is 1. The standard InChI is InChI=1S/C18H17N3O.H2S/c1-13-7-6-10-17(20-13)11-16(12-19)18(22)21-14(2)15-8-4-3-5-9-15;/h3-11,14H,1-2H3,(H,21,22);1H2/b16-11+;/t14-;/m0./s1. The number of hydrogen-bond donors (Lipinski definition) is 1. The van der Waals surface area contributed by atoms with Crippen LogP contribution in [0.25, 0.3) is 6.08 Å². The highest BCUT2D eigenvalue weighted by molar-refractivity contribution is 7.59. The number of carbonyl (C=O) groups excluding carboxylic acids is 1. The molecule has 1 N–H and O–H groups in total. The van der Waals surface area contributed by atoms with Crippen LogP contribution in [-0.2, 0) is 4.79 Å². The zero-order valence-corrected chi connectivity index (χ0v) is 14.1. The average molecular weight is 325 g/mol. The highest BCUT2D eigenvalue weighted by atomic mass is 32.1. The Morgan fingerprint density at radius 3 is 2.52 bits per heavy atom. The van der Waals surface area contributed by atoms with E-state index in [-0.39, 0.29) is 25.1 Å². The highest BCUT2D eigenvalue weighted by Gasteiger charge is 2.13. The van der Waals surface area contributed by atoms with Gasteiger partial charge >= 0.3 is 0 Å². The van der Waals surface area contributed by atoms with Gasteiger partial charge in [-0.15, -0.1) is 0 Å². The number of aryl methyl sites for hydroxylation is 1. The molecule has 0 aliphatic carbocycles. The van der Waals surface area contributed by atoms with E-state index in [1.54, 1.807) is 6.07 Å². The number of nitrogens with zero attached hydrogens (tertiary/aromatic N) is 2. The molecule has 0 fully saturated rings. The van der Waals surface area contributed by atoms with Crippen molar-refractivity contribution in [3.63, 3.8) is 0 Å². The van der Waals surface area contributed by atoms with E-state index in [9.17, 15) is 10.1 Å². The van der Waals surface area contributed by atoms with Gasteiger partial charge < -0.3 is 5.32 Å². The molecule has 0 spiro atoms. The van der Waals surface area contributed by atoms with Gasteiger partial charge in [-0.1, -0.05) is 36.4 Å². The van der Waals surface area contributed by atoms with E-state index >= 15 is 0 Å². The molecule has 2 rings (SSSR count). The van der Waals surface area contributed by atoms with Crippen LogP contribution in [0, 0.1) is 18.3 Å². The lowest BCUT2D eigenvalue weighted by Gasteiger charge is -2.13. The SMILES string of the molecule is Cc1cccc(/C=C(\C#N)C(=O)N[C@@H](C)c2ccccc2)n1.S. The number of carbonyl (C=O) groups is 1. The topological polar surface area (TPSA) is 65.8 Å². The summed E-state index contributed by atoms with van der Waals surface area (Å²) in [5.41, 5.74) is 2.46. The normalized spacial score (nSPS) is 11.8. The summed E-state index contributed by atoms with van der Waals surface area (Å²) in [6, 6.07) is 16.8. The molecule has 1 aromatic heterocycles. The van der Waals surface area contributed by atoms with Crippen molar-refractivity contribution in [2.24, 2.45) is 0 Å². The van der Waals surface area contributed by atoms with Gasteiger partial charge in [0.25, 0.3) is 5.91 Å². The zero-order valence-electron chi connectivity index (χ0n) is 13.1. The van der Waals surface area contributed by atoms with Gasteiger partial charge in [-0.25, -0.2) is 0 Å². The first kappa shape index (κ1) is 18.5. The minimum atomic E-state index is -0.401. The second-order valence-corrected chi connectivity index (χ2v) is 4.98. The maximum absolute atomic E-state index is 12.2. The third kappa shape index (κ3) is 5.28. The number of nitrogens with one attached hydrogen (secondary N) is 1. The fraction of sp³-hybridized carbons (Fsp3) is 0.167. The van der Waals surface area contributed by atoms with Crippen LogP contribution in [0.4, 0.5) is 0 Å². The number of pyridine rings is 1. The molecule has 0 unspecified atom stereocenters. The lowest BCUT2D eigenvalue weighted by Crippen LogP contribution is -2.27. The minimum absolute atomic E-state index is 0. The van der Waals surface area contributed by atoms with Crippen molar-refractivity contribution in [3.05, 3.63) is 71.1 Å². The summed E-state index contributed by atoms with van der Waals surface area (Å²) in [5, 5.41) is 12.0. The lowest BCUT2D eigenvalue weighted by atomic mass is 10.1. The maximum Gasteiger partial charge on any atom is 0.262 e. The third-order valence-corrected chi connectivity index (χ3v) is 3.21. The first-order valence-corrected chi connectivity index (χ1v) is 7.01. The smallest absolute Gasteiger partial charge is 0.262 e. The van der Waals surface area contributed by atoms with Crippen LogP contribution in [-0.4, -0.2) is 10.9 Å². The van der Waals surface area contributed by atoms with Crippen molar-refractivity contribution in [1.82, 2.24) is 10.3 Å². The van der Waals surface area contributed by atoms with Crippen molar-refractivity contribution < 1.29 is 4.79 Å². The van der Waals surface area contributed by atoms with Crippen LogP contribution >= 0.6 is 13.5 Å². The van der Waals surface area contributed by atoms with Gasteiger partial charge in [0.15, 0.2) is 0 Å². The molecule has 4 nitrogen and oxygen atoms in total. The Kier molecular flexibility index (Phi) is 7.04. The van der Waals surface area contributed by atoms with Crippen LogP contribution in [0.5, 0.6) is 0 Å². The molecule has 1 amide bonds. The van der Waals surface area contributed by atoms with Gasteiger partial charge in [0.05, 0.1) is 11.7 Å². The van der Waals surface area contributed by atoms with E-state index in [0.717, 1.165) is 11.3 Å². The van der Waals surface area contributed by atoms with Gasteiger partial charge in [-0.05, 0) is 37.6 Å². The highest BCUT2D eigenvalue weighted by Crippen LogP contribution is 2.13. The summed E-state index contributed by atoms with van der Waals surface area (Å²) in [4.78, 5) is 16.5. The summed E-state index contributed by atoms with van der Waals surface area (Å²) in [7, 11) is 0. The molecule has 1 atom stereocenters. The molecule has 0 aliphatic rings. The summed E-state index contributed by atoms with van der Waals surface area (Å²) in [6.07, 6.45) is 1.50. The lowest BCUT2D eigenvalue weighted by molar-refractivity contribution is -0.117. The monoisotopic (exact) mass is 325 g/mol. The largest absolute Gasteiger partial charge is 0.345 e. The van der Waals surface area contributed by atoms with Crippen LogP contribution in [0.15, 0.2) is 54.1 Å². The van der Waals surface area contributed by atoms with Gasteiger partial charge in [-0.2, -0.15) is 18.8 Å². The first-order valence-electron chi connectivity index (χ1n) is 7.01. The van der Waals surface area contributed by atoms with Gasteiger partial charge in [-0.3, -0.25) is 9.78 Å². The zero-order chi connectivity index (χ0) is 15.9. The van der Waals surface area contributed by atoms with E-state index < -0.39 is 5.91 Å². The fourth-order valence-corrected chi connectivity index (χ4v) is 2.04. The van der Waals surface area contributed by atoms with E-state index in [1.165, 1.54) is 6.08 Å². The number of aromatic nitrogens is 1. The number of hydrogen-bond acceptors (Lipinski definition) is 3. The average Bonchev–Trinajstić information content (AvgIpc) is 2.53. The van der Waals surface area contributed by atoms with Crippen molar-refractivity contribution in [1.29, 1.82) is 5.26 Å². The van der Waals surface area contributed by atoms with Gasteiger partial charge in [0.2, 0.25) is 0 Å². The second-order valence-electron chi connectivity index (χ2n) is 4.98. The Balaban J connectivity index is 0.00000264.